The molecule has 0 bridgehead atoms. The molecule has 0 aliphatic rings. The van der Waals surface area contributed by atoms with Gasteiger partial charge in [0.15, 0.2) is 0 Å². The number of amides is 1. The quantitative estimate of drug-likeness (QED) is 0.642. The predicted molar refractivity (Wildman–Crippen MR) is 53.8 cm³/mol. The lowest BCUT2D eigenvalue weighted by Gasteiger charge is -2.12. The predicted octanol–water partition coefficient (Wildman–Crippen LogP) is 1.14. The maximum atomic E-state index is 11.2. The zero-order valence-electron chi connectivity index (χ0n) is 8.22. The van der Waals surface area contributed by atoms with E-state index in [1.807, 2.05) is 6.92 Å². The first kappa shape index (κ1) is 12.7. The number of carbonyl (C=O) groups is 1. The van der Waals surface area contributed by atoms with E-state index in [4.69, 9.17) is 11.6 Å². The van der Waals surface area contributed by atoms with Crippen molar-refractivity contribution in [3.8, 4) is 0 Å². The minimum atomic E-state index is -0.434. The Morgan fingerprint density at radius 3 is 2.69 bits per heavy atom. The first-order valence-corrected chi connectivity index (χ1v) is 5.17. The molecular weight excluding hydrogens is 190 g/mol. The molecule has 2 atom stereocenters. The molecule has 0 saturated heterocycles. The SMILES string of the molecule is CCCC(O)CNC(=O)C(C)CCl. The monoisotopic (exact) mass is 207 g/mol. The van der Waals surface area contributed by atoms with Crippen LogP contribution >= 0.6 is 11.6 Å². The molecule has 0 radical (unpaired) electrons. The molecule has 78 valence electrons. The number of rotatable bonds is 6. The molecule has 13 heavy (non-hydrogen) atoms. The summed E-state index contributed by atoms with van der Waals surface area (Å²) in [5, 5.41) is 11.9. The Morgan fingerprint density at radius 2 is 2.23 bits per heavy atom. The molecule has 1 amide bonds. The summed E-state index contributed by atoms with van der Waals surface area (Å²) in [6.45, 7) is 4.08. The van der Waals surface area contributed by atoms with Gasteiger partial charge >= 0.3 is 0 Å². The number of halogens is 1. The van der Waals surface area contributed by atoms with Crippen molar-refractivity contribution >= 4 is 17.5 Å². The molecule has 0 rings (SSSR count). The molecule has 0 spiro atoms. The third-order valence-corrected chi connectivity index (χ3v) is 2.28. The summed E-state index contributed by atoms with van der Waals surface area (Å²) in [7, 11) is 0. The average Bonchev–Trinajstić information content (AvgIpc) is 2.13. The molecule has 4 heteroatoms. The molecule has 0 saturated carbocycles. The lowest BCUT2D eigenvalue weighted by Crippen LogP contribution is -2.35. The lowest BCUT2D eigenvalue weighted by atomic mass is 10.2. The number of aliphatic hydroxyl groups is 1. The van der Waals surface area contributed by atoms with Crippen LogP contribution in [0, 0.1) is 5.92 Å². The maximum Gasteiger partial charge on any atom is 0.224 e. The highest BCUT2D eigenvalue weighted by molar-refractivity contribution is 6.19. The van der Waals surface area contributed by atoms with E-state index in [0.29, 0.717) is 12.4 Å². The van der Waals surface area contributed by atoms with Gasteiger partial charge in [-0.05, 0) is 6.42 Å². The summed E-state index contributed by atoms with van der Waals surface area (Å²) < 4.78 is 0. The third-order valence-electron chi connectivity index (χ3n) is 1.81. The van der Waals surface area contributed by atoms with Crippen LogP contribution in [0.4, 0.5) is 0 Å². The van der Waals surface area contributed by atoms with E-state index in [2.05, 4.69) is 5.32 Å². The third kappa shape index (κ3) is 5.88. The number of hydrogen-bond acceptors (Lipinski definition) is 2. The minimum absolute atomic E-state index is 0.0925. The van der Waals surface area contributed by atoms with Crippen LogP contribution in [0.5, 0.6) is 0 Å². The second-order valence-corrected chi connectivity index (χ2v) is 3.55. The van der Waals surface area contributed by atoms with Gasteiger partial charge in [-0.3, -0.25) is 4.79 Å². The molecule has 0 aliphatic carbocycles. The van der Waals surface area contributed by atoms with Crippen LogP contribution in [0.2, 0.25) is 0 Å². The van der Waals surface area contributed by atoms with Crippen LogP contribution < -0.4 is 5.32 Å². The molecule has 0 heterocycles. The van der Waals surface area contributed by atoms with Gasteiger partial charge in [0.05, 0.1) is 6.10 Å². The molecule has 0 aromatic rings. The summed E-state index contributed by atoms with van der Waals surface area (Å²) >= 11 is 5.50. The Hall–Kier alpha value is -0.280. The smallest absolute Gasteiger partial charge is 0.224 e. The van der Waals surface area contributed by atoms with Crippen molar-refractivity contribution in [2.24, 2.45) is 5.92 Å². The van der Waals surface area contributed by atoms with Crippen LogP contribution in [-0.4, -0.2) is 29.5 Å². The Labute approximate surface area is 84.5 Å². The van der Waals surface area contributed by atoms with E-state index in [0.717, 1.165) is 12.8 Å². The van der Waals surface area contributed by atoms with Gasteiger partial charge in [-0.25, -0.2) is 0 Å². The van der Waals surface area contributed by atoms with E-state index in [1.165, 1.54) is 0 Å². The topological polar surface area (TPSA) is 49.3 Å². The van der Waals surface area contributed by atoms with Gasteiger partial charge in [-0.2, -0.15) is 0 Å². The van der Waals surface area contributed by atoms with Gasteiger partial charge in [0.1, 0.15) is 0 Å². The highest BCUT2D eigenvalue weighted by Gasteiger charge is 2.12. The van der Waals surface area contributed by atoms with Crippen molar-refractivity contribution in [2.75, 3.05) is 12.4 Å². The molecule has 2 unspecified atom stereocenters. The summed E-state index contributed by atoms with van der Waals surface area (Å²) in [4.78, 5) is 11.2. The molecule has 0 aliphatic heterocycles. The van der Waals surface area contributed by atoms with E-state index in [9.17, 15) is 9.90 Å². The van der Waals surface area contributed by atoms with Crippen molar-refractivity contribution in [3.05, 3.63) is 0 Å². The van der Waals surface area contributed by atoms with Gasteiger partial charge < -0.3 is 10.4 Å². The first-order valence-electron chi connectivity index (χ1n) is 4.63. The Kier molecular flexibility index (Phi) is 7.00. The molecule has 3 nitrogen and oxygen atoms in total. The average molecular weight is 208 g/mol. The highest BCUT2D eigenvalue weighted by atomic mass is 35.5. The van der Waals surface area contributed by atoms with Crippen LogP contribution in [0.15, 0.2) is 0 Å². The van der Waals surface area contributed by atoms with Crippen LogP contribution in [0.1, 0.15) is 26.7 Å². The highest BCUT2D eigenvalue weighted by Crippen LogP contribution is 1.98. The second kappa shape index (κ2) is 7.15. The Balaban J connectivity index is 3.57. The zero-order valence-corrected chi connectivity index (χ0v) is 8.97. The number of hydrogen-bond donors (Lipinski definition) is 2. The molecule has 0 aromatic heterocycles. The molecule has 0 aromatic carbocycles. The number of nitrogens with one attached hydrogen (secondary N) is 1. The molecular formula is C9H18ClNO2. The van der Waals surface area contributed by atoms with Crippen molar-refractivity contribution in [3.63, 3.8) is 0 Å². The number of carbonyl (C=O) groups excluding carboxylic acids is 1. The van der Waals surface area contributed by atoms with Crippen LogP contribution in [0.3, 0.4) is 0 Å². The van der Waals surface area contributed by atoms with Crippen LogP contribution in [-0.2, 0) is 4.79 Å². The van der Waals surface area contributed by atoms with Crippen molar-refractivity contribution < 1.29 is 9.90 Å². The summed E-state index contributed by atoms with van der Waals surface area (Å²) in [6, 6.07) is 0. The minimum Gasteiger partial charge on any atom is -0.391 e. The van der Waals surface area contributed by atoms with E-state index < -0.39 is 6.10 Å². The van der Waals surface area contributed by atoms with Crippen molar-refractivity contribution in [1.82, 2.24) is 5.32 Å². The summed E-state index contributed by atoms with van der Waals surface area (Å²) in [5.74, 6) is 0.0380. The normalized spacial score (nSPS) is 15.1. The maximum absolute atomic E-state index is 11.2. The Bertz CT molecular complexity index is 153. The van der Waals surface area contributed by atoms with Gasteiger partial charge in [-0.1, -0.05) is 20.3 Å². The molecule has 2 N–H and O–H groups in total. The first-order chi connectivity index (χ1) is 6.11. The second-order valence-electron chi connectivity index (χ2n) is 3.24. The molecule has 0 fully saturated rings. The fourth-order valence-electron chi connectivity index (χ4n) is 0.898. The van der Waals surface area contributed by atoms with Crippen LogP contribution in [0.25, 0.3) is 0 Å². The van der Waals surface area contributed by atoms with E-state index in [1.54, 1.807) is 6.92 Å². The van der Waals surface area contributed by atoms with E-state index >= 15 is 0 Å². The van der Waals surface area contributed by atoms with Crippen molar-refractivity contribution in [2.45, 2.75) is 32.8 Å². The fraction of sp³-hybridized carbons (Fsp3) is 0.889. The largest absolute Gasteiger partial charge is 0.391 e. The van der Waals surface area contributed by atoms with Crippen molar-refractivity contribution in [1.29, 1.82) is 0 Å². The summed E-state index contributed by atoms with van der Waals surface area (Å²) in [5.41, 5.74) is 0. The summed E-state index contributed by atoms with van der Waals surface area (Å²) in [6.07, 6.45) is 1.20. The van der Waals surface area contributed by atoms with Gasteiger partial charge in [0.2, 0.25) is 5.91 Å². The number of aliphatic hydroxyl groups excluding tert-OH is 1. The zero-order chi connectivity index (χ0) is 10.3. The van der Waals surface area contributed by atoms with E-state index in [-0.39, 0.29) is 11.8 Å². The van der Waals surface area contributed by atoms with Gasteiger partial charge in [0.25, 0.3) is 0 Å². The van der Waals surface area contributed by atoms with Gasteiger partial charge in [0, 0.05) is 18.3 Å². The Morgan fingerprint density at radius 1 is 1.62 bits per heavy atom. The lowest BCUT2D eigenvalue weighted by molar-refractivity contribution is -0.124. The fourth-order valence-corrected chi connectivity index (χ4v) is 1.04. The number of alkyl halides is 1. The standard InChI is InChI=1S/C9H18ClNO2/c1-3-4-8(12)6-11-9(13)7(2)5-10/h7-8,12H,3-6H2,1-2H3,(H,11,13). The van der Waals surface area contributed by atoms with Gasteiger partial charge in [-0.15, -0.1) is 11.6 Å².